The van der Waals surface area contributed by atoms with Crippen molar-refractivity contribution in [2.24, 2.45) is 0 Å². The molecule has 0 aromatic heterocycles. The van der Waals surface area contributed by atoms with E-state index in [2.05, 4.69) is 0 Å². The molecular formula is C18H18O3. The molecule has 0 spiro atoms. The van der Waals surface area contributed by atoms with Crippen LogP contribution in [-0.2, 0) is 9.47 Å². The van der Waals surface area contributed by atoms with Crippen LogP contribution in [0.1, 0.15) is 36.1 Å². The van der Waals surface area contributed by atoms with Crippen molar-refractivity contribution in [2.45, 2.75) is 31.8 Å². The maximum Gasteiger partial charge on any atom is 0.197 e. The smallest absolute Gasteiger partial charge is 0.197 e. The Morgan fingerprint density at radius 1 is 1.00 bits per heavy atom. The summed E-state index contributed by atoms with van der Waals surface area (Å²) >= 11 is 0. The van der Waals surface area contributed by atoms with Gasteiger partial charge in [0.25, 0.3) is 0 Å². The van der Waals surface area contributed by atoms with Gasteiger partial charge in [-0.15, -0.1) is 0 Å². The Bertz CT molecular complexity index is 623. The van der Waals surface area contributed by atoms with E-state index in [9.17, 15) is 4.79 Å². The first-order valence-corrected chi connectivity index (χ1v) is 7.09. The minimum Gasteiger partial charge on any atom is -0.342 e. The van der Waals surface area contributed by atoms with Gasteiger partial charge in [-0.3, -0.25) is 4.79 Å². The Morgan fingerprint density at radius 3 is 2.19 bits per heavy atom. The summed E-state index contributed by atoms with van der Waals surface area (Å²) in [5.41, 5.74) is 0.597. The van der Waals surface area contributed by atoms with E-state index in [1.165, 1.54) is 0 Å². The van der Waals surface area contributed by atoms with Crippen molar-refractivity contribution in [2.75, 3.05) is 0 Å². The van der Waals surface area contributed by atoms with Gasteiger partial charge < -0.3 is 9.47 Å². The number of Topliss-reactive ketones (excluding diaryl/α,β-unsaturated/α-hetero) is 1. The van der Waals surface area contributed by atoms with E-state index < -0.39 is 11.9 Å². The monoisotopic (exact) mass is 282 g/mol. The quantitative estimate of drug-likeness (QED) is 0.804. The molecule has 1 fully saturated rings. The van der Waals surface area contributed by atoms with Gasteiger partial charge >= 0.3 is 0 Å². The minimum absolute atomic E-state index is 0.0472. The predicted octanol–water partition coefficient (Wildman–Crippen LogP) is 3.76. The fourth-order valence-corrected chi connectivity index (χ4v) is 2.53. The summed E-state index contributed by atoms with van der Waals surface area (Å²) in [4.78, 5) is 12.8. The van der Waals surface area contributed by atoms with Crippen molar-refractivity contribution in [3.8, 4) is 0 Å². The SMILES string of the molecule is CC1OC(c2ccccc2)OC1(C)C(=O)c1ccccc1. The molecule has 108 valence electrons. The Labute approximate surface area is 124 Å². The summed E-state index contributed by atoms with van der Waals surface area (Å²) in [7, 11) is 0. The zero-order valence-electron chi connectivity index (χ0n) is 12.2. The highest BCUT2D eigenvalue weighted by Gasteiger charge is 2.49. The van der Waals surface area contributed by atoms with Crippen molar-refractivity contribution in [1.29, 1.82) is 0 Å². The number of benzene rings is 2. The third-order valence-electron chi connectivity index (χ3n) is 4.01. The molecule has 0 aliphatic carbocycles. The highest BCUT2D eigenvalue weighted by Crippen LogP contribution is 2.39. The van der Waals surface area contributed by atoms with Crippen molar-refractivity contribution < 1.29 is 14.3 Å². The van der Waals surface area contributed by atoms with E-state index in [1.54, 1.807) is 19.1 Å². The molecule has 0 N–H and O–H groups in total. The number of carbonyl (C=O) groups is 1. The Kier molecular flexibility index (Phi) is 3.62. The van der Waals surface area contributed by atoms with Crippen LogP contribution in [0.3, 0.4) is 0 Å². The summed E-state index contributed by atoms with van der Waals surface area (Å²) in [5, 5.41) is 0. The third kappa shape index (κ3) is 2.50. The first-order valence-electron chi connectivity index (χ1n) is 7.09. The standard InChI is InChI=1S/C18H18O3/c1-13-18(2,16(19)14-9-5-3-6-10-14)21-17(20-13)15-11-7-4-8-12-15/h3-13,17H,1-2H3. The number of carbonyl (C=O) groups excluding carboxylic acids is 1. The van der Waals surface area contributed by atoms with E-state index in [0.29, 0.717) is 5.56 Å². The second kappa shape index (κ2) is 5.43. The van der Waals surface area contributed by atoms with Crippen LogP contribution in [0.15, 0.2) is 60.7 Å². The van der Waals surface area contributed by atoms with E-state index in [0.717, 1.165) is 5.56 Å². The van der Waals surface area contributed by atoms with E-state index in [4.69, 9.17) is 9.47 Å². The minimum atomic E-state index is -0.970. The van der Waals surface area contributed by atoms with Gasteiger partial charge in [-0.05, 0) is 13.8 Å². The van der Waals surface area contributed by atoms with Crippen LogP contribution < -0.4 is 0 Å². The highest BCUT2D eigenvalue weighted by atomic mass is 16.7. The molecule has 1 aliphatic heterocycles. The summed E-state index contributed by atoms with van der Waals surface area (Å²) < 4.78 is 11.9. The fraction of sp³-hybridized carbons (Fsp3) is 0.278. The summed E-state index contributed by atoms with van der Waals surface area (Å²) in [6.07, 6.45) is -0.811. The van der Waals surface area contributed by atoms with E-state index in [-0.39, 0.29) is 11.9 Å². The lowest BCUT2D eigenvalue weighted by molar-refractivity contribution is -0.0790. The molecule has 2 aromatic carbocycles. The Balaban J connectivity index is 1.87. The van der Waals surface area contributed by atoms with Gasteiger partial charge in [-0.2, -0.15) is 0 Å². The van der Waals surface area contributed by atoms with Crippen molar-refractivity contribution in [3.63, 3.8) is 0 Å². The molecule has 3 rings (SSSR count). The van der Waals surface area contributed by atoms with Crippen LogP contribution in [0.4, 0.5) is 0 Å². The lowest BCUT2D eigenvalue weighted by atomic mass is 9.90. The molecule has 3 heteroatoms. The number of hydrogen-bond acceptors (Lipinski definition) is 3. The second-order valence-electron chi connectivity index (χ2n) is 5.44. The van der Waals surface area contributed by atoms with Gasteiger partial charge in [-0.1, -0.05) is 60.7 Å². The lowest BCUT2D eigenvalue weighted by Crippen LogP contribution is -2.43. The maximum absolute atomic E-state index is 12.8. The van der Waals surface area contributed by atoms with Crippen LogP contribution >= 0.6 is 0 Å². The largest absolute Gasteiger partial charge is 0.342 e. The normalized spacial score (nSPS) is 28.5. The van der Waals surface area contributed by atoms with Crippen LogP contribution in [0.2, 0.25) is 0 Å². The lowest BCUT2D eigenvalue weighted by Gasteiger charge is -2.24. The van der Waals surface area contributed by atoms with Crippen LogP contribution in [0.25, 0.3) is 0 Å². The first kappa shape index (κ1) is 14.0. The fourth-order valence-electron chi connectivity index (χ4n) is 2.53. The molecule has 1 heterocycles. The molecule has 2 aromatic rings. The van der Waals surface area contributed by atoms with Gasteiger partial charge in [-0.25, -0.2) is 0 Å². The predicted molar refractivity (Wildman–Crippen MR) is 80.0 cm³/mol. The van der Waals surface area contributed by atoms with E-state index >= 15 is 0 Å². The van der Waals surface area contributed by atoms with Crippen molar-refractivity contribution in [3.05, 3.63) is 71.8 Å². The number of ether oxygens (including phenoxy) is 2. The number of rotatable bonds is 3. The molecule has 1 aliphatic rings. The summed E-state index contributed by atoms with van der Waals surface area (Å²) in [6, 6.07) is 18.9. The van der Waals surface area contributed by atoms with Gasteiger partial charge in [0.1, 0.15) is 0 Å². The average Bonchev–Trinajstić information content (AvgIpc) is 2.85. The van der Waals surface area contributed by atoms with Crippen molar-refractivity contribution >= 4 is 5.78 Å². The highest BCUT2D eigenvalue weighted by molar-refractivity contribution is 6.02. The van der Waals surface area contributed by atoms with Gasteiger partial charge in [0, 0.05) is 11.1 Å². The molecule has 1 saturated heterocycles. The molecule has 3 atom stereocenters. The first-order chi connectivity index (χ1) is 10.1. The average molecular weight is 282 g/mol. The summed E-state index contributed by atoms with van der Waals surface area (Å²) in [5.74, 6) is -0.0472. The number of hydrogen-bond donors (Lipinski definition) is 0. The molecule has 0 radical (unpaired) electrons. The van der Waals surface area contributed by atoms with Gasteiger partial charge in [0.15, 0.2) is 17.7 Å². The topological polar surface area (TPSA) is 35.5 Å². The third-order valence-corrected chi connectivity index (χ3v) is 4.01. The molecule has 0 saturated carbocycles. The van der Waals surface area contributed by atoms with Crippen LogP contribution in [-0.4, -0.2) is 17.5 Å². The van der Waals surface area contributed by atoms with Crippen molar-refractivity contribution in [1.82, 2.24) is 0 Å². The molecule has 0 amide bonds. The zero-order valence-corrected chi connectivity index (χ0v) is 12.2. The molecule has 21 heavy (non-hydrogen) atoms. The maximum atomic E-state index is 12.8. The second-order valence-corrected chi connectivity index (χ2v) is 5.44. The zero-order chi connectivity index (χ0) is 14.9. The Hall–Kier alpha value is -1.97. The molecular weight excluding hydrogens is 264 g/mol. The molecule has 3 nitrogen and oxygen atoms in total. The van der Waals surface area contributed by atoms with Crippen LogP contribution in [0, 0.1) is 0 Å². The summed E-state index contributed by atoms with van der Waals surface area (Å²) in [6.45, 7) is 3.68. The number of ketones is 1. The molecule has 3 unspecified atom stereocenters. The van der Waals surface area contributed by atoms with Crippen LogP contribution in [0.5, 0.6) is 0 Å². The van der Waals surface area contributed by atoms with Gasteiger partial charge in [0.2, 0.25) is 0 Å². The Morgan fingerprint density at radius 2 is 1.57 bits per heavy atom. The van der Waals surface area contributed by atoms with E-state index in [1.807, 2.05) is 55.5 Å². The molecule has 0 bridgehead atoms. The van der Waals surface area contributed by atoms with Gasteiger partial charge in [0.05, 0.1) is 6.10 Å².